The molecular formula is C20H22N2O7. The maximum absolute atomic E-state index is 12.7. The molecule has 0 aliphatic heterocycles. The van der Waals surface area contributed by atoms with Gasteiger partial charge in [0.25, 0.3) is 5.69 Å². The van der Waals surface area contributed by atoms with Gasteiger partial charge in [-0.2, -0.15) is 0 Å². The fraction of sp³-hybridized carbons (Fsp3) is 0.350. The Kier molecular flexibility index (Phi) is 6.53. The summed E-state index contributed by atoms with van der Waals surface area (Å²) in [5.74, 6) is -1.94. The summed E-state index contributed by atoms with van der Waals surface area (Å²) in [6.45, 7) is 8.06. The zero-order valence-electron chi connectivity index (χ0n) is 16.8. The van der Waals surface area contributed by atoms with E-state index < -0.39 is 28.7 Å². The van der Waals surface area contributed by atoms with E-state index in [-0.39, 0.29) is 29.1 Å². The fourth-order valence-electron chi connectivity index (χ4n) is 2.92. The summed E-state index contributed by atoms with van der Waals surface area (Å²) >= 11 is 0. The van der Waals surface area contributed by atoms with Crippen molar-refractivity contribution in [2.75, 3.05) is 6.61 Å². The minimum atomic E-state index is -1.17. The number of nitro benzene ring substituents is 1. The lowest BCUT2D eigenvalue weighted by molar-refractivity contribution is -0.385. The van der Waals surface area contributed by atoms with E-state index in [0.29, 0.717) is 16.8 Å². The second kappa shape index (κ2) is 8.68. The van der Waals surface area contributed by atoms with E-state index in [4.69, 9.17) is 9.47 Å². The smallest absolute Gasteiger partial charge is 0.340 e. The van der Waals surface area contributed by atoms with Crippen molar-refractivity contribution in [2.45, 2.75) is 40.7 Å². The van der Waals surface area contributed by atoms with E-state index in [2.05, 4.69) is 4.98 Å². The summed E-state index contributed by atoms with van der Waals surface area (Å²) in [4.78, 5) is 50.5. The van der Waals surface area contributed by atoms with Crippen molar-refractivity contribution in [3.05, 3.63) is 62.0 Å². The van der Waals surface area contributed by atoms with Gasteiger partial charge < -0.3 is 14.5 Å². The lowest BCUT2D eigenvalue weighted by Crippen LogP contribution is -2.25. The Hall–Kier alpha value is -3.49. The van der Waals surface area contributed by atoms with Crippen LogP contribution < -0.4 is 0 Å². The standard InChI is InChI=1S/C20H22N2O7/c1-6-28-20(25)16-11(3)17(21-12(16)4)18(23)13(5)29-19(24)14-8-7-10(2)15(9-14)22(26)27/h7-9,13,21H,6H2,1-5H3/t13-/m0/s1. The number of nitro groups is 1. The van der Waals surface area contributed by atoms with E-state index in [1.165, 1.54) is 19.1 Å². The average Bonchev–Trinajstić information content (AvgIpc) is 2.95. The van der Waals surface area contributed by atoms with E-state index in [9.17, 15) is 24.5 Å². The third kappa shape index (κ3) is 4.50. The lowest BCUT2D eigenvalue weighted by atomic mass is 10.1. The van der Waals surface area contributed by atoms with Crippen LogP contribution in [0.2, 0.25) is 0 Å². The van der Waals surface area contributed by atoms with E-state index in [1.807, 2.05) is 0 Å². The molecule has 1 aromatic heterocycles. The summed E-state index contributed by atoms with van der Waals surface area (Å²) in [5.41, 5.74) is 1.43. The summed E-state index contributed by atoms with van der Waals surface area (Å²) in [6, 6.07) is 3.94. The molecule has 9 nitrogen and oxygen atoms in total. The molecule has 0 radical (unpaired) electrons. The van der Waals surface area contributed by atoms with Gasteiger partial charge >= 0.3 is 11.9 Å². The summed E-state index contributed by atoms with van der Waals surface area (Å²) in [5, 5.41) is 11.0. The Labute approximate surface area is 167 Å². The highest BCUT2D eigenvalue weighted by Gasteiger charge is 2.28. The molecule has 0 fully saturated rings. The zero-order valence-corrected chi connectivity index (χ0v) is 16.8. The molecule has 0 aliphatic rings. The topological polar surface area (TPSA) is 129 Å². The molecule has 0 amide bonds. The quantitative estimate of drug-likeness (QED) is 0.325. The summed E-state index contributed by atoms with van der Waals surface area (Å²) in [7, 11) is 0. The molecule has 0 unspecified atom stereocenters. The van der Waals surface area contributed by atoms with Crippen LogP contribution in [0.15, 0.2) is 18.2 Å². The van der Waals surface area contributed by atoms with Crippen molar-refractivity contribution in [1.29, 1.82) is 0 Å². The number of aromatic amines is 1. The predicted octanol–water partition coefficient (Wildman–Crippen LogP) is 3.45. The normalized spacial score (nSPS) is 11.6. The first-order valence-electron chi connectivity index (χ1n) is 8.94. The van der Waals surface area contributed by atoms with Crippen molar-refractivity contribution in [2.24, 2.45) is 0 Å². The van der Waals surface area contributed by atoms with Gasteiger partial charge in [-0.15, -0.1) is 0 Å². The predicted molar refractivity (Wildman–Crippen MR) is 103 cm³/mol. The zero-order chi connectivity index (χ0) is 21.9. The summed E-state index contributed by atoms with van der Waals surface area (Å²) in [6.07, 6.45) is -1.17. The molecule has 1 N–H and O–H groups in total. The van der Waals surface area contributed by atoms with Crippen molar-refractivity contribution in [3.63, 3.8) is 0 Å². The van der Waals surface area contributed by atoms with E-state index >= 15 is 0 Å². The monoisotopic (exact) mass is 402 g/mol. The fourth-order valence-corrected chi connectivity index (χ4v) is 2.92. The Morgan fingerprint density at radius 3 is 2.41 bits per heavy atom. The minimum absolute atomic E-state index is 0.0337. The molecule has 29 heavy (non-hydrogen) atoms. The van der Waals surface area contributed by atoms with Gasteiger partial charge in [0.15, 0.2) is 6.10 Å². The second-order valence-electron chi connectivity index (χ2n) is 6.52. The summed E-state index contributed by atoms with van der Waals surface area (Å²) < 4.78 is 10.2. The number of carbonyl (C=O) groups is 3. The largest absolute Gasteiger partial charge is 0.462 e. The van der Waals surface area contributed by atoms with Crippen LogP contribution in [0.3, 0.4) is 0 Å². The van der Waals surface area contributed by atoms with E-state index in [1.54, 1.807) is 27.7 Å². The molecule has 1 heterocycles. The lowest BCUT2D eigenvalue weighted by Gasteiger charge is -2.12. The molecule has 9 heteroatoms. The maximum Gasteiger partial charge on any atom is 0.340 e. The van der Waals surface area contributed by atoms with Gasteiger partial charge in [-0.25, -0.2) is 9.59 Å². The number of ether oxygens (including phenoxy) is 2. The van der Waals surface area contributed by atoms with Gasteiger partial charge in [0.1, 0.15) is 0 Å². The number of aryl methyl sites for hydroxylation is 2. The Morgan fingerprint density at radius 2 is 1.83 bits per heavy atom. The first-order valence-corrected chi connectivity index (χ1v) is 8.94. The number of hydrogen-bond acceptors (Lipinski definition) is 7. The van der Waals surface area contributed by atoms with Gasteiger partial charge in [-0.05, 0) is 46.2 Å². The number of rotatable bonds is 7. The van der Waals surface area contributed by atoms with Crippen LogP contribution in [0.1, 0.15) is 61.9 Å². The molecule has 1 atom stereocenters. The molecule has 2 rings (SSSR count). The van der Waals surface area contributed by atoms with Crippen LogP contribution in [0.5, 0.6) is 0 Å². The highest BCUT2D eigenvalue weighted by atomic mass is 16.6. The number of ketones is 1. The van der Waals surface area contributed by atoms with Crippen molar-refractivity contribution in [3.8, 4) is 0 Å². The molecule has 2 aromatic rings. The Morgan fingerprint density at radius 1 is 1.17 bits per heavy atom. The number of nitrogens with zero attached hydrogens (tertiary/aromatic N) is 1. The van der Waals surface area contributed by atoms with Crippen LogP contribution in [0.25, 0.3) is 0 Å². The minimum Gasteiger partial charge on any atom is -0.462 e. The third-order valence-electron chi connectivity index (χ3n) is 4.46. The molecule has 1 aromatic carbocycles. The van der Waals surface area contributed by atoms with Crippen LogP contribution >= 0.6 is 0 Å². The molecule has 0 saturated carbocycles. The van der Waals surface area contributed by atoms with Crippen LogP contribution in [0.4, 0.5) is 5.69 Å². The number of benzene rings is 1. The number of carbonyl (C=O) groups excluding carboxylic acids is 3. The average molecular weight is 402 g/mol. The number of nitrogens with one attached hydrogen (secondary N) is 1. The van der Waals surface area contributed by atoms with E-state index in [0.717, 1.165) is 6.07 Å². The van der Waals surface area contributed by atoms with Crippen molar-refractivity contribution >= 4 is 23.4 Å². The van der Waals surface area contributed by atoms with Gasteiger partial charge in [0.2, 0.25) is 5.78 Å². The Bertz CT molecular complexity index is 991. The first kappa shape index (κ1) is 21.8. The number of aromatic nitrogens is 1. The number of Topliss-reactive ketones (excluding diaryl/α,β-unsaturated/α-hetero) is 1. The number of hydrogen-bond donors (Lipinski definition) is 1. The van der Waals surface area contributed by atoms with Gasteiger partial charge in [0.05, 0.1) is 28.4 Å². The SMILES string of the molecule is CCOC(=O)c1c(C)[nH]c(C(=O)[C@H](C)OC(=O)c2ccc(C)c([N+](=O)[O-])c2)c1C. The van der Waals surface area contributed by atoms with Crippen molar-refractivity contribution in [1.82, 2.24) is 4.98 Å². The third-order valence-corrected chi connectivity index (χ3v) is 4.46. The van der Waals surface area contributed by atoms with Gasteiger partial charge in [-0.3, -0.25) is 14.9 Å². The highest BCUT2D eigenvalue weighted by Crippen LogP contribution is 2.23. The van der Waals surface area contributed by atoms with Crippen LogP contribution in [-0.2, 0) is 9.47 Å². The second-order valence-corrected chi connectivity index (χ2v) is 6.52. The number of esters is 2. The van der Waals surface area contributed by atoms with Crippen molar-refractivity contribution < 1.29 is 28.8 Å². The van der Waals surface area contributed by atoms with Gasteiger partial charge in [0, 0.05) is 17.3 Å². The molecule has 0 bridgehead atoms. The Balaban J connectivity index is 2.22. The molecule has 154 valence electrons. The van der Waals surface area contributed by atoms with Crippen LogP contribution in [0, 0.1) is 30.9 Å². The molecule has 0 saturated heterocycles. The molecule has 0 aliphatic carbocycles. The molecule has 0 spiro atoms. The maximum atomic E-state index is 12.7. The number of H-pyrrole nitrogens is 1. The first-order chi connectivity index (χ1) is 13.6. The van der Waals surface area contributed by atoms with Gasteiger partial charge in [-0.1, -0.05) is 6.07 Å². The van der Waals surface area contributed by atoms with Crippen LogP contribution in [-0.4, -0.2) is 40.3 Å². The molecular weight excluding hydrogens is 380 g/mol. The highest BCUT2D eigenvalue weighted by molar-refractivity contribution is 6.04.